The molecule has 0 amide bonds. The lowest BCUT2D eigenvalue weighted by Gasteiger charge is -1.86. The van der Waals surface area contributed by atoms with Crippen LogP contribution in [0.5, 0.6) is 0 Å². The highest BCUT2D eigenvalue weighted by molar-refractivity contribution is 7.07. The molecule has 0 atom stereocenters. The molecule has 12 heavy (non-hydrogen) atoms. The molecule has 0 bridgehead atoms. The van der Waals surface area contributed by atoms with E-state index >= 15 is 0 Å². The number of aromatic nitrogens is 1. The van der Waals surface area contributed by atoms with Gasteiger partial charge >= 0.3 is 5.97 Å². The van der Waals surface area contributed by atoms with Crippen LogP contribution in [0, 0.1) is 6.92 Å². The molecule has 0 aliphatic rings. The summed E-state index contributed by atoms with van der Waals surface area (Å²) in [5.74, 6) is -0.800. The zero-order valence-electron chi connectivity index (χ0n) is 7.57. The molecule has 1 N–H and O–H groups in total. The summed E-state index contributed by atoms with van der Waals surface area (Å²) < 4.78 is 1.70. The van der Waals surface area contributed by atoms with E-state index in [0.717, 1.165) is 5.69 Å². The number of nitrogens with zero attached hydrogens (tertiary/aromatic N) is 1. The topological polar surface area (TPSA) is 41.2 Å². The first-order valence-electron chi connectivity index (χ1n) is 3.84. The van der Waals surface area contributed by atoms with Crippen LogP contribution in [-0.4, -0.2) is 11.1 Å². The van der Waals surface area contributed by atoms with Gasteiger partial charge in [0.1, 0.15) is 0 Å². The van der Waals surface area contributed by atoms with Gasteiger partial charge in [0.05, 0.1) is 5.38 Å². The number of hydrogen-bond donors (Lipinski definition) is 1. The standard InChI is InChI=1S/C6H7NO2S.C2H6/c1-5-3-10-4-7(5)2-6(8)9;1-2/h3-4H,2H2,1H3;1-2H3/p+1. The lowest BCUT2D eigenvalue weighted by Crippen LogP contribution is -2.37. The average molecular weight is 188 g/mol. The lowest BCUT2D eigenvalue weighted by atomic mass is 10.5. The van der Waals surface area contributed by atoms with Crippen LogP contribution in [0.25, 0.3) is 0 Å². The van der Waals surface area contributed by atoms with Crippen LogP contribution in [0.1, 0.15) is 19.5 Å². The predicted octanol–water partition coefficient (Wildman–Crippen LogP) is 1.45. The summed E-state index contributed by atoms with van der Waals surface area (Å²) >= 11 is 1.51. The van der Waals surface area contributed by atoms with Gasteiger partial charge in [0.25, 0.3) is 0 Å². The summed E-state index contributed by atoms with van der Waals surface area (Å²) in [5.41, 5.74) is 2.79. The third kappa shape index (κ3) is 3.48. The third-order valence-corrected chi connectivity index (χ3v) is 2.04. The van der Waals surface area contributed by atoms with Crippen molar-refractivity contribution in [1.29, 1.82) is 0 Å². The number of carboxylic acid groups (broad SMARTS) is 1. The Morgan fingerprint density at radius 2 is 2.25 bits per heavy atom. The van der Waals surface area contributed by atoms with Crippen molar-refractivity contribution >= 4 is 17.3 Å². The summed E-state index contributed by atoms with van der Waals surface area (Å²) in [7, 11) is 0. The van der Waals surface area contributed by atoms with Crippen molar-refractivity contribution < 1.29 is 14.5 Å². The second kappa shape index (κ2) is 5.71. The fourth-order valence-electron chi connectivity index (χ4n) is 0.661. The van der Waals surface area contributed by atoms with Crippen LogP contribution < -0.4 is 4.57 Å². The summed E-state index contributed by atoms with van der Waals surface area (Å²) in [6, 6.07) is 0. The molecule has 0 aliphatic carbocycles. The Balaban J connectivity index is 0.000000561. The highest BCUT2D eigenvalue weighted by atomic mass is 32.1. The van der Waals surface area contributed by atoms with Crippen LogP contribution >= 0.6 is 11.3 Å². The quantitative estimate of drug-likeness (QED) is 0.714. The maximum atomic E-state index is 10.2. The van der Waals surface area contributed by atoms with Crippen molar-refractivity contribution in [3.05, 3.63) is 16.6 Å². The molecule has 0 saturated heterocycles. The molecule has 4 heteroatoms. The maximum Gasteiger partial charge on any atom is 0.370 e. The number of thiazole rings is 1. The molecule has 1 aromatic rings. The van der Waals surface area contributed by atoms with Crippen molar-refractivity contribution in [3.63, 3.8) is 0 Å². The van der Waals surface area contributed by atoms with Gasteiger partial charge < -0.3 is 5.11 Å². The molecule has 0 radical (unpaired) electrons. The lowest BCUT2D eigenvalue weighted by molar-refractivity contribution is -0.686. The molecule has 0 saturated carbocycles. The predicted molar refractivity (Wildman–Crippen MR) is 48.2 cm³/mol. The molecule has 1 rings (SSSR count). The third-order valence-electron chi connectivity index (χ3n) is 1.19. The second-order valence-corrected chi connectivity index (χ2v) is 2.74. The Labute approximate surface area is 76.3 Å². The largest absolute Gasteiger partial charge is 0.477 e. The van der Waals surface area contributed by atoms with Gasteiger partial charge in [-0.2, -0.15) is 4.57 Å². The molecule has 0 aromatic carbocycles. The monoisotopic (exact) mass is 188 g/mol. The van der Waals surface area contributed by atoms with E-state index in [-0.39, 0.29) is 6.54 Å². The summed E-state index contributed by atoms with van der Waals surface area (Å²) in [6.45, 7) is 5.95. The van der Waals surface area contributed by atoms with Gasteiger partial charge in [0, 0.05) is 6.92 Å². The van der Waals surface area contributed by atoms with Gasteiger partial charge in [-0.25, -0.2) is 4.79 Å². The van der Waals surface area contributed by atoms with E-state index in [1.165, 1.54) is 11.3 Å². The van der Waals surface area contributed by atoms with Crippen molar-refractivity contribution in [2.45, 2.75) is 27.3 Å². The Bertz CT molecular complexity index is 245. The first kappa shape index (κ1) is 11.1. The van der Waals surface area contributed by atoms with Gasteiger partial charge in [0.15, 0.2) is 5.69 Å². The second-order valence-electron chi connectivity index (χ2n) is 2.02. The van der Waals surface area contributed by atoms with E-state index in [2.05, 4.69) is 0 Å². The van der Waals surface area contributed by atoms with E-state index in [9.17, 15) is 4.79 Å². The van der Waals surface area contributed by atoms with Crippen molar-refractivity contribution in [2.24, 2.45) is 0 Å². The molecule has 1 aromatic heterocycles. The zero-order valence-corrected chi connectivity index (χ0v) is 8.39. The van der Waals surface area contributed by atoms with E-state index < -0.39 is 5.97 Å². The van der Waals surface area contributed by atoms with Crippen LogP contribution in [0.15, 0.2) is 10.9 Å². The Kier molecular flexibility index (Phi) is 5.28. The number of rotatable bonds is 2. The summed E-state index contributed by atoms with van der Waals surface area (Å²) in [4.78, 5) is 10.2. The highest BCUT2D eigenvalue weighted by Crippen LogP contribution is 1.95. The fourth-order valence-corrected chi connectivity index (χ4v) is 1.44. The minimum Gasteiger partial charge on any atom is -0.477 e. The Morgan fingerprint density at radius 3 is 2.58 bits per heavy atom. The minimum atomic E-state index is -0.800. The molecular formula is C8H14NO2S+. The normalized spacial score (nSPS) is 8.58. The molecule has 3 nitrogen and oxygen atoms in total. The van der Waals surface area contributed by atoms with Crippen LogP contribution in [-0.2, 0) is 11.3 Å². The first-order valence-corrected chi connectivity index (χ1v) is 4.78. The van der Waals surface area contributed by atoms with E-state index in [1.807, 2.05) is 26.2 Å². The van der Waals surface area contributed by atoms with Crippen LogP contribution in [0.3, 0.4) is 0 Å². The van der Waals surface area contributed by atoms with Gasteiger partial charge in [-0.3, -0.25) is 0 Å². The summed E-state index contributed by atoms with van der Waals surface area (Å²) in [6.07, 6.45) is 0. The molecular weight excluding hydrogens is 174 g/mol. The van der Waals surface area contributed by atoms with Crippen molar-refractivity contribution in [1.82, 2.24) is 0 Å². The Hall–Kier alpha value is -0.900. The molecule has 0 aliphatic heterocycles. The van der Waals surface area contributed by atoms with E-state index in [1.54, 1.807) is 10.1 Å². The van der Waals surface area contributed by atoms with Crippen molar-refractivity contribution in [2.75, 3.05) is 0 Å². The minimum absolute atomic E-state index is 0.0648. The number of hydrogen-bond acceptors (Lipinski definition) is 2. The molecule has 0 fully saturated rings. The Morgan fingerprint density at radius 1 is 1.67 bits per heavy atom. The molecule has 1 heterocycles. The SMILES string of the molecule is CC.Cc1csc[n+]1CC(=O)O. The smallest absolute Gasteiger partial charge is 0.370 e. The van der Waals surface area contributed by atoms with E-state index in [0.29, 0.717) is 0 Å². The number of carboxylic acids is 1. The molecule has 68 valence electrons. The zero-order chi connectivity index (χ0) is 9.56. The van der Waals surface area contributed by atoms with Crippen molar-refractivity contribution in [3.8, 4) is 0 Å². The first-order chi connectivity index (χ1) is 5.70. The number of aliphatic carboxylic acids is 1. The van der Waals surface area contributed by atoms with Gasteiger partial charge in [-0.1, -0.05) is 25.2 Å². The van der Waals surface area contributed by atoms with Gasteiger partial charge in [-0.05, 0) is 0 Å². The number of aryl methyl sites for hydroxylation is 1. The van der Waals surface area contributed by atoms with Crippen LogP contribution in [0.4, 0.5) is 0 Å². The van der Waals surface area contributed by atoms with E-state index in [4.69, 9.17) is 5.11 Å². The molecule has 0 spiro atoms. The maximum absolute atomic E-state index is 10.2. The number of carbonyl (C=O) groups is 1. The van der Waals surface area contributed by atoms with Gasteiger partial charge in [0.2, 0.25) is 12.1 Å². The fraction of sp³-hybridized carbons (Fsp3) is 0.500. The molecule has 0 unspecified atom stereocenters. The van der Waals surface area contributed by atoms with Crippen LogP contribution in [0.2, 0.25) is 0 Å². The van der Waals surface area contributed by atoms with Gasteiger partial charge in [-0.15, -0.1) is 0 Å². The highest BCUT2D eigenvalue weighted by Gasteiger charge is 2.10. The summed E-state index contributed by atoms with van der Waals surface area (Å²) in [5, 5.41) is 10.3. The average Bonchev–Trinajstić information content (AvgIpc) is 2.40.